The van der Waals surface area contributed by atoms with E-state index in [2.05, 4.69) is 30.2 Å². The van der Waals surface area contributed by atoms with Crippen LogP contribution in [-0.4, -0.2) is 46.2 Å². The number of anilines is 3. The largest absolute Gasteiger partial charge is 0.378 e. The summed E-state index contributed by atoms with van der Waals surface area (Å²) in [6.45, 7) is 4.73. The molecule has 0 amide bonds. The van der Waals surface area contributed by atoms with Crippen LogP contribution in [0.15, 0.2) is 36.5 Å². The van der Waals surface area contributed by atoms with Crippen LogP contribution in [-0.2, 0) is 4.74 Å². The van der Waals surface area contributed by atoms with Crippen molar-refractivity contribution in [2.75, 3.05) is 36.5 Å². The maximum absolute atomic E-state index is 14.4. The Hall–Kier alpha value is -2.88. The molecule has 5 rings (SSSR count). The van der Waals surface area contributed by atoms with E-state index >= 15 is 0 Å². The Kier molecular flexibility index (Phi) is 5.39. The average molecular weight is 457 g/mol. The highest BCUT2D eigenvalue weighted by Gasteiger charge is 2.18. The number of fused-ring (bicyclic) bond motifs is 1. The lowest BCUT2D eigenvalue weighted by atomic mass is 10.2. The molecule has 0 aliphatic carbocycles. The molecule has 158 valence electrons. The zero-order valence-electron chi connectivity index (χ0n) is 16.6. The predicted octanol–water partition coefficient (Wildman–Crippen LogP) is 4.83. The van der Waals surface area contributed by atoms with Gasteiger partial charge in [-0.05, 0) is 25.1 Å². The molecule has 1 aliphatic rings. The molecule has 1 aromatic carbocycles. The minimum Gasteiger partial charge on any atom is -0.378 e. The zero-order chi connectivity index (χ0) is 21.4. The number of aryl methyl sites for hydroxylation is 1. The van der Waals surface area contributed by atoms with Crippen LogP contribution in [0.5, 0.6) is 0 Å². The summed E-state index contributed by atoms with van der Waals surface area (Å²) in [6, 6.07) is 8.26. The predicted molar refractivity (Wildman–Crippen MR) is 121 cm³/mol. The molecule has 3 aromatic heterocycles. The molecule has 10 heteroatoms. The van der Waals surface area contributed by atoms with Crippen LogP contribution in [0.1, 0.15) is 5.69 Å². The first-order valence-electron chi connectivity index (χ1n) is 9.74. The average Bonchev–Trinajstić information content (AvgIpc) is 3.19. The Morgan fingerprint density at radius 2 is 2.00 bits per heavy atom. The molecule has 1 N–H and O–H groups in total. The second kappa shape index (κ2) is 8.33. The third-order valence-corrected chi connectivity index (χ3v) is 6.27. The fourth-order valence-corrected chi connectivity index (χ4v) is 4.77. The number of rotatable bonds is 4. The van der Waals surface area contributed by atoms with E-state index in [1.165, 1.54) is 17.4 Å². The van der Waals surface area contributed by atoms with Crippen LogP contribution in [0.25, 0.3) is 20.8 Å². The third kappa shape index (κ3) is 4.04. The van der Waals surface area contributed by atoms with Gasteiger partial charge in [0.2, 0.25) is 5.95 Å². The topological polar surface area (TPSA) is 76.1 Å². The lowest BCUT2D eigenvalue weighted by Gasteiger charge is -2.27. The highest BCUT2D eigenvalue weighted by molar-refractivity contribution is 7.22. The maximum atomic E-state index is 14.4. The third-order valence-electron chi connectivity index (χ3n) is 4.86. The molecule has 0 radical (unpaired) electrons. The Labute approximate surface area is 186 Å². The van der Waals surface area contributed by atoms with Crippen molar-refractivity contribution in [1.82, 2.24) is 19.9 Å². The summed E-state index contributed by atoms with van der Waals surface area (Å²) >= 11 is 7.56. The van der Waals surface area contributed by atoms with E-state index in [1.807, 2.05) is 13.0 Å². The van der Waals surface area contributed by atoms with Gasteiger partial charge in [0.15, 0.2) is 5.82 Å². The number of benzene rings is 1. The van der Waals surface area contributed by atoms with E-state index in [1.54, 1.807) is 24.4 Å². The summed E-state index contributed by atoms with van der Waals surface area (Å²) in [5, 5.41) is 4.11. The molecule has 1 fully saturated rings. The van der Waals surface area contributed by atoms with Gasteiger partial charge in [-0.3, -0.25) is 0 Å². The minimum atomic E-state index is -0.407. The number of aromatic nitrogens is 4. The molecular formula is C21H18ClFN6OS. The molecule has 0 unspecified atom stereocenters. The van der Waals surface area contributed by atoms with E-state index < -0.39 is 5.82 Å². The maximum Gasteiger partial charge on any atom is 0.227 e. The molecular weight excluding hydrogens is 439 g/mol. The minimum absolute atomic E-state index is 0.295. The molecule has 1 saturated heterocycles. The molecule has 4 heterocycles. The number of hydrogen-bond acceptors (Lipinski definition) is 8. The van der Waals surface area contributed by atoms with Crippen molar-refractivity contribution in [3.8, 4) is 10.6 Å². The highest BCUT2D eigenvalue weighted by Crippen LogP contribution is 2.38. The number of thiazole rings is 1. The number of halogens is 2. The van der Waals surface area contributed by atoms with Crippen LogP contribution >= 0.6 is 22.9 Å². The Balaban J connectivity index is 1.51. The summed E-state index contributed by atoms with van der Waals surface area (Å²) in [6.07, 6.45) is 1.66. The number of nitrogens with one attached hydrogen (secondary N) is 1. The van der Waals surface area contributed by atoms with Gasteiger partial charge in [0, 0.05) is 31.0 Å². The van der Waals surface area contributed by atoms with Crippen molar-refractivity contribution >= 4 is 50.7 Å². The molecule has 31 heavy (non-hydrogen) atoms. The second-order valence-corrected chi connectivity index (χ2v) is 8.45. The number of nitrogens with zero attached hydrogens (tertiary/aromatic N) is 5. The summed E-state index contributed by atoms with van der Waals surface area (Å²) in [4.78, 5) is 20.4. The first kappa shape index (κ1) is 20.0. The fraction of sp³-hybridized carbons (Fsp3) is 0.238. The van der Waals surface area contributed by atoms with Crippen molar-refractivity contribution < 1.29 is 9.13 Å². The van der Waals surface area contributed by atoms with Gasteiger partial charge in [-0.1, -0.05) is 17.7 Å². The molecule has 0 spiro atoms. The summed E-state index contributed by atoms with van der Waals surface area (Å²) in [7, 11) is 0. The van der Waals surface area contributed by atoms with Crippen molar-refractivity contribution in [2.24, 2.45) is 0 Å². The van der Waals surface area contributed by atoms with Gasteiger partial charge in [0.05, 0.1) is 34.0 Å². The van der Waals surface area contributed by atoms with E-state index in [-0.39, 0.29) is 0 Å². The number of ether oxygens (including phenoxy) is 1. The van der Waals surface area contributed by atoms with E-state index in [9.17, 15) is 4.39 Å². The summed E-state index contributed by atoms with van der Waals surface area (Å²) in [5.41, 5.74) is 1.84. The zero-order valence-corrected chi connectivity index (χ0v) is 18.2. The van der Waals surface area contributed by atoms with Gasteiger partial charge in [-0.2, -0.15) is 4.98 Å². The van der Waals surface area contributed by atoms with Gasteiger partial charge in [-0.15, -0.1) is 11.3 Å². The van der Waals surface area contributed by atoms with E-state index in [0.717, 1.165) is 23.5 Å². The number of pyridine rings is 1. The van der Waals surface area contributed by atoms with Crippen LogP contribution < -0.4 is 10.2 Å². The van der Waals surface area contributed by atoms with Gasteiger partial charge >= 0.3 is 0 Å². The van der Waals surface area contributed by atoms with E-state index in [0.29, 0.717) is 51.9 Å². The van der Waals surface area contributed by atoms with Crippen molar-refractivity contribution in [1.29, 1.82) is 0 Å². The number of hydrogen-bond donors (Lipinski definition) is 1. The monoisotopic (exact) mass is 456 g/mol. The Morgan fingerprint density at radius 3 is 2.81 bits per heavy atom. The van der Waals surface area contributed by atoms with Crippen molar-refractivity contribution in [3.05, 3.63) is 53.1 Å². The van der Waals surface area contributed by atoms with Crippen LogP contribution in [0.4, 0.5) is 22.0 Å². The molecule has 0 saturated carbocycles. The van der Waals surface area contributed by atoms with E-state index in [4.69, 9.17) is 16.3 Å². The van der Waals surface area contributed by atoms with Gasteiger partial charge in [0.1, 0.15) is 16.6 Å². The first-order valence-corrected chi connectivity index (χ1v) is 10.9. The number of morpholine rings is 1. The van der Waals surface area contributed by atoms with Crippen LogP contribution in [0, 0.1) is 12.7 Å². The lowest BCUT2D eigenvalue weighted by Crippen LogP contribution is -2.37. The molecule has 7 nitrogen and oxygen atoms in total. The molecule has 0 atom stereocenters. The fourth-order valence-electron chi connectivity index (χ4n) is 3.40. The van der Waals surface area contributed by atoms with Crippen molar-refractivity contribution in [3.63, 3.8) is 0 Å². The van der Waals surface area contributed by atoms with Gasteiger partial charge < -0.3 is 15.0 Å². The standard InChI is InChI=1S/C21H18ClFN6OS/c1-12-11-16(28-21(25-12)29-7-9-30-10-8-29)27-19-18-15(5-6-24-19)26-20(31-18)17-13(22)3-2-4-14(17)23/h2-6,11H,7-10H2,1H3,(H,24,25,27,28). The van der Waals surface area contributed by atoms with Crippen molar-refractivity contribution in [2.45, 2.75) is 6.92 Å². The van der Waals surface area contributed by atoms with Gasteiger partial charge in [0.25, 0.3) is 0 Å². The summed E-state index contributed by atoms with van der Waals surface area (Å²) in [5.74, 6) is 1.48. The SMILES string of the molecule is Cc1cc(Nc2nccc3nc(-c4c(F)cccc4Cl)sc23)nc(N2CCOCC2)n1. The Morgan fingerprint density at radius 1 is 1.16 bits per heavy atom. The smallest absolute Gasteiger partial charge is 0.227 e. The Bertz CT molecular complexity index is 1240. The highest BCUT2D eigenvalue weighted by atomic mass is 35.5. The van der Waals surface area contributed by atoms with Crippen LogP contribution in [0.2, 0.25) is 5.02 Å². The second-order valence-electron chi connectivity index (χ2n) is 7.04. The van der Waals surface area contributed by atoms with Gasteiger partial charge in [-0.25, -0.2) is 19.3 Å². The first-order chi connectivity index (χ1) is 15.1. The molecule has 0 bridgehead atoms. The lowest BCUT2D eigenvalue weighted by molar-refractivity contribution is 0.122. The molecule has 4 aromatic rings. The quantitative estimate of drug-likeness (QED) is 0.471. The summed E-state index contributed by atoms with van der Waals surface area (Å²) < 4.78 is 20.6. The van der Waals surface area contributed by atoms with Crippen LogP contribution in [0.3, 0.4) is 0 Å². The molecule has 1 aliphatic heterocycles. The normalized spacial score (nSPS) is 14.2.